The fraction of sp³-hybridized carbons (Fsp3) is 0.316. The predicted octanol–water partition coefficient (Wildman–Crippen LogP) is 3.37. The van der Waals surface area contributed by atoms with Gasteiger partial charge in [-0.2, -0.15) is 0 Å². The number of amides is 1. The zero-order chi connectivity index (χ0) is 20.3. The van der Waals surface area contributed by atoms with Crippen molar-refractivity contribution in [1.82, 2.24) is 9.80 Å². The minimum Gasteiger partial charge on any atom is -0.333 e. The lowest BCUT2D eigenvalue weighted by molar-refractivity contribution is 0.0475. The smallest absolute Gasteiger partial charge is 0.259 e. The predicted molar refractivity (Wildman–Crippen MR) is 108 cm³/mol. The molecule has 9 heteroatoms. The number of benzene rings is 2. The summed E-state index contributed by atoms with van der Waals surface area (Å²) in [4.78, 5) is 16.9. The van der Waals surface area contributed by atoms with E-state index in [-0.39, 0.29) is 22.8 Å². The van der Waals surface area contributed by atoms with Crippen LogP contribution in [-0.2, 0) is 17.8 Å². The summed E-state index contributed by atoms with van der Waals surface area (Å²) >= 11 is 4.01. The van der Waals surface area contributed by atoms with Gasteiger partial charge in [-0.1, -0.05) is 23.7 Å². The molecule has 0 aromatic heterocycles. The Morgan fingerprint density at radius 2 is 2.00 bits per heavy atom. The largest absolute Gasteiger partial charge is 0.333 e. The van der Waals surface area contributed by atoms with E-state index in [1.54, 1.807) is 29.2 Å². The average molecular weight is 426 g/mol. The molecule has 0 aliphatic carbocycles. The third kappa shape index (κ3) is 5.08. The lowest BCUT2D eigenvalue weighted by Crippen LogP contribution is -2.53. The second kappa shape index (κ2) is 9.00. The monoisotopic (exact) mass is 425 g/mol. The van der Waals surface area contributed by atoms with Crippen LogP contribution in [0.3, 0.4) is 0 Å². The van der Waals surface area contributed by atoms with Gasteiger partial charge in [0.25, 0.3) is 17.2 Å². The Bertz CT molecular complexity index is 881. The van der Waals surface area contributed by atoms with Gasteiger partial charge in [0, 0.05) is 37.9 Å². The van der Waals surface area contributed by atoms with E-state index in [2.05, 4.69) is 9.62 Å². The van der Waals surface area contributed by atoms with E-state index in [0.717, 1.165) is 5.56 Å². The number of hydrogen-bond donors (Lipinski definition) is 2. The number of piperazine rings is 1. The molecule has 0 bridgehead atoms. The molecule has 28 heavy (non-hydrogen) atoms. The maximum Gasteiger partial charge on any atom is 0.259 e. The topological polar surface area (TPSA) is 72.9 Å². The van der Waals surface area contributed by atoms with Crippen molar-refractivity contribution in [3.8, 4) is 0 Å². The van der Waals surface area contributed by atoms with Crippen molar-refractivity contribution < 1.29 is 17.9 Å². The Balaban J connectivity index is 1.64. The standard InChI is InChI=1S/C19H21ClFN3O3S/c1-13-11-23(12-14-2-4-15(21)5-3-14)8-9-24(13)19(25)17-7-6-16(10-18(17)20)22-28(26)27/h2-7,10,13,22H,8-9,11-12H2,1H3,(H,26,27)/t13-/m0/s1. The lowest BCUT2D eigenvalue weighted by Gasteiger charge is -2.40. The molecule has 0 radical (unpaired) electrons. The molecule has 1 unspecified atom stereocenters. The van der Waals surface area contributed by atoms with Crippen LogP contribution in [0.4, 0.5) is 10.1 Å². The summed E-state index contributed by atoms with van der Waals surface area (Å²) in [6.07, 6.45) is 0. The summed E-state index contributed by atoms with van der Waals surface area (Å²) < 4.78 is 35.1. The first-order valence-electron chi connectivity index (χ1n) is 8.78. The molecule has 3 rings (SSSR count). The van der Waals surface area contributed by atoms with E-state index in [1.165, 1.54) is 18.2 Å². The van der Waals surface area contributed by atoms with Gasteiger partial charge in [-0.05, 0) is 42.8 Å². The van der Waals surface area contributed by atoms with E-state index < -0.39 is 11.3 Å². The maximum atomic E-state index is 13.0. The second-order valence-electron chi connectivity index (χ2n) is 6.75. The molecule has 1 amide bonds. The van der Waals surface area contributed by atoms with Gasteiger partial charge >= 0.3 is 0 Å². The van der Waals surface area contributed by atoms with Crippen LogP contribution in [0.25, 0.3) is 0 Å². The van der Waals surface area contributed by atoms with Gasteiger partial charge in [-0.3, -0.25) is 19.0 Å². The highest BCUT2D eigenvalue weighted by Crippen LogP contribution is 2.24. The molecule has 0 spiro atoms. The summed E-state index contributed by atoms with van der Waals surface area (Å²) in [5.41, 5.74) is 1.75. The van der Waals surface area contributed by atoms with Crippen molar-refractivity contribution in [3.05, 3.63) is 64.4 Å². The normalized spacial score (nSPS) is 18.7. The van der Waals surface area contributed by atoms with Crippen LogP contribution in [0.2, 0.25) is 5.02 Å². The molecule has 2 N–H and O–H groups in total. The third-order valence-electron chi connectivity index (χ3n) is 4.70. The molecule has 1 saturated heterocycles. The number of nitrogens with zero attached hydrogens (tertiary/aromatic N) is 2. The maximum absolute atomic E-state index is 13.0. The SMILES string of the molecule is C[C@H]1CN(Cc2ccc(F)cc2)CCN1C(=O)c1ccc(NS(=O)O)cc1Cl. The lowest BCUT2D eigenvalue weighted by atomic mass is 10.1. The molecular formula is C19H21ClFN3O3S. The molecule has 150 valence electrons. The van der Waals surface area contributed by atoms with E-state index in [1.807, 2.05) is 6.92 Å². The van der Waals surface area contributed by atoms with Gasteiger partial charge in [0.15, 0.2) is 0 Å². The number of carbonyl (C=O) groups excluding carboxylic acids is 1. The van der Waals surface area contributed by atoms with Crippen molar-refractivity contribution in [2.24, 2.45) is 0 Å². The van der Waals surface area contributed by atoms with Crippen LogP contribution in [0.5, 0.6) is 0 Å². The van der Waals surface area contributed by atoms with Crippen molar-refractivity contribution in [2.45, 2.75) is 19.5 Å². The average Bonchev–Trinajstić information content (AvgIpc) is 2.63. The van der Waals surface area contributed by atoms with Crippen LogP contribution in [0, 0.1) is 5.82 Å². The van der Waals surface area contributed by atoms with Gasteiger partial charge < -0.3 is 4.90 Å². The van der Waals surface area contributed by atoms with Crippen LogP contribution in [0.15, 0.2) is 42.5 Å². The number of hydrogen-bond acceptors (Lipinski definition) is 3. The van der Waals surface area contributed by atoms with Gasteiger partial charge in [-0.25, -0.2) is 8.60 Å². The molecule has 2 aromatic rings. The van der Waals surface area contributed by atoms with Gasteiger partial charge in [0.2, 0.25) is 0 Å². The van der Waals surface area contributed by atoms with Gasteiger partial charge in [0.05, 0.1) is 10.6 Å². The highest BCUT2D eigenvalue weighted by atomic mass is 35.5. The van der Waals surface area contributed by atoms with E-state index >= 15 is 0 Å². The zero-order valence-electron chi connectivity index (χ0n) is 15.3. The van der Waals surface area contributed by atoms with Crippen molar-refractivity contribution in [1.29, 1.82) is 0 Å². The number of carbonyl (C=O) groups is 1. The van der Waals surface area contributed by atoms with Crippen LogP contribution in [-0.4, -0.2) is 50.1 Å². The van der Waals surface area contributed by atoms with Crippen molar-refractivity contribution >= 4 is 34.5 Å². The molecule has 1 fully saturated rings. The Morgan fingerprint density at radius 3 is 2.61 bits per heavy atom. The van der Waals surface area contributed by atoms with Crippen molar-refractivity contribution in [2.75, 3.05) is 24.4 Å². The highest BCUT2D eigenvalue weighted by molar-refractivity contribution is 7.80. The van der Waals surface area contributed by atoms with Gasteiger partial charge in [-0.15, -0.1) is 0 Å². The Hall–Kier alpha value is -2.00. The highest BCUT2D eigenvalue weighted by Gasteiger charge is 2.29. The Morgan fingerprint density at radius 1 is 1.29 bits per heavy atom. The Kier molecular flexibility index (Phi) is 6.66. The second-order valence-corrected chi connectivity index (χ2v) is 7.86. The fourth-order valence-electron chi connectivity index (χ4n) is 3.33. The van der Waals surface area contributed by atoms with Crippen LogP contribution >= 0.6 is 11.6 Å². The van der Waals surface area contributed by atoms with Gasteiger partial charge in [0.1, 0.15) is 5.82 Å². The summed E-state index contributed by atoms with van der Waals surface area (Å²) in [6.45, 7) is 4.63. The van der Waals surface area contributed by atoms with Crippen LogP contribution in [0.1, 0.15) is 22.8 Å². The van der Waals surface area contributed by atoms with Crippen LogP contribution < -0.4 is 4.72 Å². The molecule has 2 aromatic carbocycles. The number of anilines is 1. The first-order valence-corrected chi connectivity index (χ1v) is 10.3. The van der Waals surface area contributed by atoms with E-state index in [4.69, 9.17) is 16.2 Å². The third-order valence-corrected chi connectivity index (χ3v) is 5.42. The molecule has 1 aliphatic heterocycles. The first-order chi connectivity index (χ1) is 13.3. The fourth-order valence-corrected chi connectivity index (χ4v) is 3.92. The minimum absolute atomic E-state index is 0.0134. The summed E-state index contributed by atoms with van der Waals surface area (Å²) in [5.74, 6) is -0.425. The molecule has 0 saturated carbocycles. The quantitative estimate of drug-likeness (QED) is 0.720. The molecule has 1 aliphatic rings. The summed E-state index contributed by atoms with van der Waals surface area (Å²) in [5, 5.41) is 0.224. The van der Waals surface area contributed by atoms with E-state index in [9.17, 15) is 13.4 Å². The number of halogens is 2. The first kappa shape index (κ1) is 20.7. The summed E-state index contributed by atoms with van der Waals surface area (Å²) in [7, 11) is 0. The summed E-state index contributed by atoms with van der Waals surface area (Å²) in [6, 6.07) is 11.0. The van der Waals surface area contributed by atoms with E-state index in [0.29, 0.717) is 37.4 Å². The number of nitrogens with one attached hydrogen (secondary N) is 1. The molecule has 6 nitrogen and oxygen atoms in total. The molecule has 2 atom stereocenters. The van der Waals surface area contributed by atoms with Crippen molar-refractivity contribution in [3.63, 3.8) is 0 Å². The number of rotatable bonds is 5. The minimum atomic E-state index is -2.20. The molecular weight excluding hydrogens is 405 g/mol. The molecule has 1 heterocycles. The Labute approximate surface area is 170 Å². The zero-order valence-corrected chi connectivity index (χ0v) is 16.8.